The number of alkyl halides is 1. The van der Waals surface area contributed by atoms with Gasteiger partial charge >= 0.3 is 0 Å². The summed E-state index contributed by atoms with van der Waals surface area (Å²) in [6.45, 7) is 2.29. The van der Waals surface area contributed by atoms with Gasteiger partial charge in [-0.15, -0.1) is 11.6 Å². The number of nitrogens with zero attached hydrogens (tertiary/aromatic N) is 3. The average Bonchev–Trinajstić information content (AvgIpc) is 2.62. The van der Waals surface area contributed by atoms with Crippen molar-refractivity contribution in [1.29, 1.82) is 0 Å². The quantitative estimate of drug-likeness (QED) is 0.799. The van der Waals surface area contributed by atoms with E-state index in [0.717, 1.165) is 33.8 Å². The maximum absolute atomic E-state index is 5.88. The van der Waals surface area contributed by atoms with Crippen LogP contribution in [0.15, 0.2) is 16.7 Å². The second-order valence-corrected chi connectivity index (χ2v) is 6.36. The third-order valence-electron chi connectivity index (χ3n) is 3.60. The Morgan fingerprint density at radius 2 is 2.28 bits per heavy atom. The van der Waals surface area contributed by atoms with Crippen molar-refractivity contribution in [3.8, 4) is 0 Å². The summed E-state index contributed by atoms with van der Waals surface area (Å²) in [5, 5.41) is 0. The SMILES string of the molecule is CC1CC(n2c(CCCl)nc3cc(Br)cnc32)C1. The molecular weight excluding hydrogens is 314 g/mol. The Hall–Kier alpha value is -0.610. The Morgan fingerprint density at radius 1 is 1.50 bits per heavy atom. The molecule has 0 aliphatic heterocycles. The van der Waals surface area contributed by atoms with Gasteiger partial charge in [0.25, 0.3) is 0 Å². The Kier molecular flexibility index (Phi) is 3.32. The fourth-order valence-corrected chi connectivity index (χ4v) is 3.21. The molecule has 96 valence electrons. The molecule has 1 aliphatic carbocycles. The van der Waals surface area contributed by atoms with E-state index >= 15 is 0 Å². The normalized spacial score (nSPS) is 23.3. The van der Waals surface area contributed by atoms with Gasteiger partial charge in [-0.2, -0.15) is 0 Å². The minimum absolute atomic E-state index is 0.553. The van der Waals surface area contributed by atoms with E-state index in [4.69, 9.17) is 11.6 Å². The van der Waals surface area contributed by atoms with Crippen LogP contribution in [0.5, 0.6) is 0 Å². The van der Waals surface area contributed by atoms with E-state index in [1.165, 1.54) is 12.8 Å². The van der Waals surface area contributed by atoms with Gasteiger partial charge in [-0.25, -0.2) is 9.97 Å². The molecular formula is C13H15BrClN3. The summed E-state index contributed by atoms with van der Waals surface area (Å²) in [7, 11) is 0. The number of hydrogen-bond donors (Lipinski definition) is 0. The van der Waals surface area contributed by atoms with Gasteiger partial charge in [0.15, 0.2) is 5.65 Å². The van der Waals surface area contributed by atoms with Crippen molar-refractivity contribution in [3.05, 3.63) is 22.6 Å². The second kappa shape index (κ2) is 4.82. The molecule has 18 heavy (non-hydrogen) atoms. The van der Waals surface area contributed by atoms with Crippen molar-refractivity contribution in [1.82, 2.24) is 14.5 Å². The topological polar surface area (TPSA) is 30.7 Å². The number of aromatic nitrogens is 3. The Bertz CT molecular complexity index is 575. The van der Waals surface area contributed by atoms with Crippen LogP contribution in [-0.4, -0.2) is 20.4 Å². The van der Waals surface area contributed by atoms with Crippen molar-refractivity contribution in [2.75, 3.05) is 5.88 Å². The van der Waals surface area contributed by atoms with E-state index in [1.54, 1.807) is 0 Å². The molecule has 2 heterocycles. The van der Waals surface area contributed by atoms with E-state index in [9.17, 15) is 0 Å². The highest BCUT2D eigenvalue weighted by atomic mass is 79.9. The summed E-state index contributed by atoms with van der Waals surface area (Å²) in [5.74, 6) is 2.49. The van der Waals surface area contributed by atoms with Crippen molar-refractivity contribution >= 4 is 38.7 Å². The number of aryl methyl sites for hydroxylation is 1. The van der Waals surface area contributed by atoms with Crippen LogP contribution in [0.2, 0.25) is 0 Å². The van der Waals surface area contributed by atoms with Crippen LogP contribution in [0.1, 0.15) is 31.6 Å². The molecule has 0 amide bonds. The van der Waals surface area contributed by atoms with Crippen LogP contribution in [-0.2, 0) is 6.42 Å². The van der Waals surface area contributed by atoms with Crippen LogP contribution >= 0.6 is 27.5 Å². The minimum atomic E-state index is 0.553. The molecule has 1 saturated carbocycles. The van der Waals surface area contributed by atoms with Crippen LogP contribution in [0.3, 0.4) is 0 Å². The van der Waals surface area contributed by atoms with Gasteiger partial charge in [-0.3, -0.25) is 0 Å². The molecule has 0 radical (unpaired) electrons. The third-order valence-corrected chi connectivity index (χ3v) is 4.22. The van der Waals surface area contributed by atoms with Gasteiger partial charge in [0.2, 0.25) is 0 Å². The maximum atomic E-state index is 5.88. The van der Waals surface area contributed by atoms with E-state index in [0.29, 0.717) is 11.9 Å². The van der Waals surface area contributed by atoms with Gasteiger partial charge < -0.3 is 4.57 Å². The lowest BCUT2D eigenvalue weighted by molar-refractivity contribution is 0.216. The van der Waals surface area contributed by atoms with Gasteiger partial charge in [0, 0.05) is 29.0 Å². The number of fused-ring (bicyclic) bond motifs is 1. The van der Waals surface area contributed by atoms with Gasteiger partial charge in [0.05, 0.1) is 0 Å². The molecule has 0 aromatic carbocycles. The Balaban J connectivity index is 2.10. The van der Waals surface area contributed by atoms with Crippen LogP contribution < -0.4 is 0 Å². The lowest BCUT2D eigenvalue weighted by Gasteiger charge is -2.34. The number of imidazole rings is 1. The molecule has 1 fully saturated rings. The lowest BCUT2D eigenvalue weighted by Crippen LogP contribution is -2.26. The van der Waals surface area contributed by atoms with Crippen molar-refractivity contribution in [2.45, 2.75) is 32.2 Å². The van der Waals surface area contributed by atoms with Crippen molar-refractivity contribution < 1.29 is 0 Å². The van der Waals surface area contributed by atoms with E-state index in [2.05, 4.69) is 37.4 Å². The summed E-state index contributed by atoms with van der Waals surface area (Å²) in [6.07, 6.45) is 5.09. The predicted molar refractivity (Wildman–Crippen MR) is 77.1 cm³/mol. The number of hydrogen-bond acceptors (Lipinski definition) is 2. The highest BCUT2D eigenvalue weighted by Gasteiger charge is 2.30. The number of rotatable bonds is 3. The molecule has 0 spiro atoms. The largest absolute Gasteiger partial charge is 0.310 e. The van der Waals surface area contributed by atoms with E-state index < -0.39 is 0 Å². The smallest absolute Gasteiger partial charge is 0.160 e. The molecule has 2 aromatic heterocycles. The number of halogens is 2. The molecule has 3 nitrogen and oxygen atoms in total. The van der Waals surface area contributed by atoms with Crippen molar-refractivity contribution in [3.63, 3.8) is 0 Å². The van der Waals surface area contributed by atoms with Crippen LogP contribution in [0, 0.1) is 5.92 Å². The molecule has 0 saturated heterocycles. The minimum Gasteiger partial charge on any atom is -0.310 e. The van der Waals surface area contributed by atoms with Gasteiger partial charge in [0.1, 0.15) is 11.3 Å². The van der Waals surface area contributed by atoms with Gasteiger partial charge in [-0.05, 0) is 40.8 Å². The molecule has 0 N–H and O–H groups in total. The fraction of sp³-hybridized carbons (Fsp3) is 0.538. The summed E-state index contributed by atoms with van der Waals surface area (Å²) in [5.41, 5.74) is 1.96. The summed E-state index contributed by atoms with van der Waals surface area (Å²) >= 11 is 9.32. The summed E-state index contributed by atoms with van der Waals surface area (Å²) < 4.78 is 3.27. The second-order valence-electron chi connectivity index (χ2n) is 5.06. The summed E-state index contributed by atoms with van der Waals surface area (Å²) in [6, 6.07) is 2.58. The predicted octanol–water partition coefficient (Wildman–Crippen LogP) is 3.95. The molecule has 1 aliphatic rings. The fourth-order valence-electron chi connectivity index (χ4n) is 2.72. The highest BCUT2D eigenvalue weighted by molar-refractivity contribution is 9.10. The molecule has 0 unspecified atom stereocenters. The van der Waals surface area contributed by atoms with Gasteiger partial charge in [-0.1, -0.05) is 6.92 Å². The first-order chi connectivity index (χ1) is 8.69. The van der Waals surface area contributed by atoms with E-state index in [-0.39, 0.29) is 0 Å². The first-order valence-corrected chi connectivity index (χ1v) is 7.60. The van der Waals surface area contributed by atoms with Crippen LogP contribution in [0.25, 0.3) is 11.2 Å². The van der Waals surface area contributed by atoms with E-state index in [1.807, 2.05) is 12.3 Å². The monoisotopic (exact) mass is 327 g/mol. The molecule has 0 bridgehead atoms. The molecule has 3 rings (SSSR count). The van der Waals surface area contributed by atoms with Crippen molar-refractivity contribution in [2.24, 2.45) is 5.92 Å². The first-order valence-electron chi connectivity index (χ1n) is 6.27. The standard InChI is InChI=1S/C13H15BrClN3/c1-8-4-10(5-8)18-12(2-3-15)17-11-6-9(14)7-16-13(11)18/h6-8,10H,2-5H2,1H3. The molecule has 0 atom stereocenters. The zero-order chi connectivity index (χ0) is 12.7. The highest BCUT2D eigenvalue weighted by Crippen LogP contribution is 2.39. The summed E-state index contributed by atoms with van der Waals surface area (Å²) in [4.78, 5) is 9.20. The zero-order valence-electron chi connectivity index (χ0n) is 10.2. The Morgan fingerprint density at radius 3 is 2.94 bits per heavy atom. The first kappa shape index (κ1) is 12.4. The molecule has 2 aromatic rings. The third kappa shape index (κ3) is 2.05. The average molecular weight is 329 g/mol. The maximum Gasteiger partial charge on any atom is 0.160 e. The number of pyridine rings is 1. The lowest BCUT2D eigenvalue weighted by atomic mass is 9.81. The van der Waals surface area contributed by atoms with Crippen LogP contribution in [0.4, 0.5) is 0 Å². The Labute approximate surface area is 120 Å². The zero-order valence-corrected chi connectivity index (χ0v) is 12.6. The molecule has 5 heteroatoms.